The molecule has 0 fully saturated rings. The van der Waals surface area contributed by atoms with Crippen LogP contribution < -0.4 is 0 Å². The Bertz CT molecular complexity index is 1040. The Morgan fingerprint density at radius 1 is 0.533 bits per heavy atom. The van der Waals surface area contributed by atoms with E-state index in [9.17, 15) is 32.2 Å². The zero-order valence-electron chi connectivity index (χ0n) is 16.7. The average molecular weight is 422 g/mol. The molecular weight excluding hydrogens is 403 g/mol. The number of aryl methyl sites for hydroxylation is 4. The van der Waals surface area contributed by atoms with E-state index < -0.39 is 40.6 Å². The molecule has 2 nitrogen and oxygen atoms in total. The molecule has 30 heavy (non-hydrogen) atoms. The van der Waals surface area contributed by atoms with Gasteiger partial charge in [0.15, 0.2) is 23.3 Å². The Morgan fingerprint density at radius 3 is 1.10 bits per heavy atom. The van der Waals surface area contributed by atoms with Crippen molar-refractivity contribution < 1.29 is 32.2 Å². The number of aromatic hydroxyl groups is 2. The molecule has 0 aliphatic heterocycles. The Labute approximate surface area is 170 Å². The molecule has 0 aliphatic carbocycles. The Hall–Kier alpha value is -3.09. The van der Waals surface area contributed by atoms with Crippen LogP contribution in [-0.4, -0.2) is 10.2 Å². The molecule has 0 radical (unpaired) electrons. The SMILES string of the molecule is Cc1cc(C(c2cc(C)c(O)c(C)c2)c2c(F)c(F)c(F)c(F)c2F)cc(C)c1O. The summed E-state index contributed by atoms with van der Waals surface area (Å²) < 4.78 is 71.2. The lowest BCUT2D eigenvalue weighted by atomic mass is 9.81. The van der Waals surface area contributed by atoms with Gasteiger partial charge in [0.2, 0.25) is 5.82 Å². The molecule has 0 atom stereocenters. The van der Waals surface area contributed by atoms with Crippen LogP contribution in [0.25, 0.3) is 0 Å². The fourth-order valence-corrected chi connectivity index (χ4v) is 3.71. The highest BCUT2D eigenvalue weighted by Gasteiger charge is 2.33. The lowest BCUT2D eigenvalue weighted by Crippen LogP contribution is -2.14. The van der Waals surface area contributed by atoms with Crippen molar-refractivity contribution in [2.75, 3.05) is 0 Å². The summed E-state index contributed by atoms with van der Waals surface area (Å²) in [7, 11) is 0. The first kappa shape index (κ1) is 21.6. The summed E-state index contributed by atoms with van der Waals surface area (Å²) in [6.45, 7) is 6.26. The van der Waals surface area contributed by atoms with Crippen LogP contribution in [0.3, 0.4) is 0 Å². The molecule has 0 unspecified atom stereocenters. The van der Waals surface area contributed by atoms with Crippen LogP contribution in [0.2, 0.25) is 0 Å². The van der Waals surface area contributed by atoms with Crippen LogP contribution >= 0.6 is 0 Å². The van der Waals surface area contributed by atoms with Crippen LogP contribution in [0.15, 0.2) is 24.3 Å². The monoisotopic (exact) mass is 422 g/mol. The largest absolute Gasteiger partial charge is 0.507 e. The number of phenols is 2. The number of halogens is 5. The molecule has 0 saturated carbocycles. The third kappa shape index (κ3) is 3.38. The van der Waals surface area contributed by atoms with Crippen molar-refractivity contribution in [1.82, 2.24) is 0 Å². The van der Waals surface area contributed by atoms with Gasteiger partial charge in [0.25, 0.3) is 0 Å². The third-order valence-electron chi connectivity index (χ3n) is 5.23. The van der Waals surface area contributed by atoms with Gasteiger partial charge < -0.3 is 10.2 Å². The Kier molecular flexibility index (Phi) is 5.50. The maximum absolute atomic E-state index is 14.8. The van der Waals surface area contributed by atoms with Gasteiger partial charge in [-0.1, -0.05) is 24.3 Å². The minimum Gasteiger partial charge on any atom is -0.507 e. The van der Waals surface area contributed by atoms with Gasteiger partial charge in [-0.2, -0.15) is 0 Å². The van der Waals surface area contributed by atoms with E-state index in [4.69, 9.17) is 0 Å². The zero-order chi connectivity index (χ0) is 22.5. The topological polar surface area (TPSA) is 40.5 Å². The van der Waals surface area contributed by atoms with E-state index in [1.807, 2.05) is 0 Å². The average Bonchev–Trinajstić information content (AvgIpc) is 2.69. The molecule has 0 bridgehead atoms. The fraction of sp³-hybridized carbons (Fsp3) is 0.217. The maximum atomic E-state index is 14.8. The standard InChI is InChI=1S/C23H19F5O2/c1-9-5-13(6-10(2)22(9)29)15(14-7-11(3)23(30)12(4)8-14)16-17(24)19(26)21(28)20(27)18(16)25/h5-8,15,29-30H,1-4H3. The molecular formula is C23H19F5O2. The first-order chi connectivity index (χ1) is 14.0. The Morgan fingerprint density at radius 2 is 0.800 bits per heavy atom. The summed E-state index contributed by atoms with van der Waals surface area (Å²) in [6.07, 6.45) is 0. The highest BCUT2D eigenvalue weighted by Crippen LogP contribution is 2.41. The van der Waals surface area contributed by atoms with Crippen molar-refractivity contribution in [2.45, 2.75) is 33.6 Å². The molecule has 2 N–H and O–H groups in total. The molecule has 3 rings (SSSR count). The third-order valence-corrected chi connectivity index (χ3v) is 5.23. The van der Waals surface area contributed by atoms with E-state index in [0.29, 0.717) is 22.3 Å². The van der Waals surface area contributed by atoms with Crippen molar-refractivity contribution in [1.29, 1.82) is 0 Å². The highest BCUT2D eigenvalue weighted by atomic mass is 19.2. The molecule has 0 aliphatic rings. The van der Waals surface area contributed by atoms with Gasteiger partial charge in [0.1, 0.15) is 11.5 Å². The molecule has 7 heteroatoms. The summed E-state index contributed by atoms with van der Waals surface area (Å²) in [5.74, 6) is -11.6. The molecule has 0 saturated heterocycles. The minimum atomic E-state index is -2.23. The van der Waals surface area contributed by atoms with Gasteiger partial charge in [0, 0.05) is 11.5 Å². The molecule has 158 valence electrons. The highest BCUT2D eigenvalue weighted by molar-refractivity contribution is 5.53. The molecule has 3 aromatic carbocycles. The maximum Gasteiger partial charge on any atom is 0.200 e. The predicted molar refractivity (Wildman–Crippen MR) is 102 cm³/mol. The zero-order valence-corrected chi connectivity index (χ0v) is 16.7. The van der Waals surface area contributed by atoms with E-state index in [2.05, 4.69) is 0 Å². The van der Waals surface area contributed by atoms with Crippen LogP contribution in [0, 0.1) is 56.8 Å². The van der Waals surface area contributed by atoms with E-state index in [0.717, 1.165) is 0 Å². The summed E-state index contributed by atoms with van der Waals surface area (Å²) in [5.41, 5.74) is 0.987. The van der Waals surface area contributed by atoms with E-state index in [-0.39, 0.29) is 22.6 Å². The fourth-order valence-electron chi connectivity index (χ4n) is 3.71. The first-order valence-electron chi connectivity index (χ1n) is 9.07. The first-order valence-corrected chi connectivity index (χ1v) is 9.07. The smallest absolute Gasteiger partial charge is 0.200 e. The predicted octanol–water partition coefficient (Wildman–Crippen LogP) is 6.21. The van der Waals surface area contributed by atoms with Gasteiger partial charge >= 0.3 is 0 Å². The second kappa shape index (κ2) is 7.63. The van der Waals surface area contributed by atoms with Crippen molar-refractivity contribution in [3.63, 3.8) is 0 Å². The van der Waals surface area contributed by atoms with Crippen molar-refractivity contribution in [2.24, 2.45) is 0 Å². The quantitative estimate of drug-likeness (QED) is 0.228. The number of benzene rings is 3. The van der Waals surface area contributed by atoms with Crippen LogP contribution in [-0.2, 0) is 0 Å². The second-order valence-electron chi connectivity index (χ2n) is 7.42. The lowest BCUT2D eigenvalue weighted by Gasteiger charge is -2.23. The normalized spacial score (nSPS) is 11.4. The Balaban J connectivity index is 2.44. The van der Waals surface area contributed by atoms with Crippen LogP contribution in [0.5, 0.6) is 11.5 Å². The summed E-state index contributed by atoms with van der Waals surface area (Å²) in [6, 6.07) is 5.73. The van der Waals surface area contributed by atoms with Gasteiger partial charge in [-0.15, -0.1) is 0 Å². The van der Waals surface area contributed by atoms with Crippen molar-refractivity contribution in [3.05, 3.63) is 92.3 Å². The molecule has 3 aromatic rings. The summed E-state index contributed by atoms with van der Waals surface area (Å²) >= 11 is 0. The second-order valence-corrected chi connectivity index (χ2v) is 7.42. The van der Waals surface area contributed by atoms with Crippen LogP contribution in [0.4, 0.5) is 22.0 Å². The van der Waals surface area contributed by atoms with Crippen molar-refractivity contribution >= 4 is 0 Å². The number of hydrogen-bond donors (Lipinski definition) is 2. The van der Waals surface area contributed by atoms with Crippen LogP contribution in [0.1, 0.15) is 44.9 Å². The minimum absolute atomic E-state index is 0.0343. The summed E-state index contributed by atoms with van der Waals surface area (Å²) in [5, 5.41) is 20.1. The summed E-state index contributed by atoms with van der Waals surface area (Å²) in [4.78, 5) is 0. The van der Waals surface area contributed by atoms with Gasteiger partial charge in [0.05, 0.1) is 0 Å². The molecule has 0 spiro atoms. The van der Waals surface area contributed by atoms with Gasteiger partial charge in [-0.05, 0) is 61.1 Å². The molecule has 0 heterocycles. The van der Waals surface area contributed by atoms with E-state index in [1.165, 1.54) is 24.3 Å². The molecule has 0 aromatic heterocycles. The number of phenolic OH excluding ortho intramolecular Hbond substituents is 2. The lowest BCUT2D eigenvalue weighted by molar-refractivity contribution is 0.369. The van der Waals surface area contributed by atoms with Gasteiger partial charge in [-0.3, -0.25) is 0 Å². The number of hydrogen-bond acceptors (Lipinski definition) is 2. The molecule has 0 amide bonds. The van der Waals surface area contributed by atoms with Gasteiger partial charge in [-0.25, -0.2) is 22.0 Å². The van der Waals surface area contributed by atoms with E-state index >= 15 is 0 Å². The van der Waals surface area contributed by atoms with E-state index in [1.54, 1.807) is 27.7 Å². The van der Waals surface area contributed by atoms with Crippen molar-refractivity contribution in [3.8, 4) is 11.5 Å². The number of rotatable bonds is 3.